The number of thioether (sulfide) groups is 1. The van der Waals surface area contributed by atoms with Crippen LogP contribution >= 0.6 is 23.4 Å². The number of hydrogen-bond acceptors (Lipinski definition) is 6. The second-order valence-electron chi connectivity index (χ2n) is 3.96. The van der Waals surface area contributed by atoms with E-state index in [0.29, 0.717) is 28.1 Å². The normalized spacial score (nSPS) is 12.3. The maximum absolute atomic E-state index is 10.6. The molecule has 0 saturated carbocycles. The summed E-state index contributed by atoms with van der Waals surface area (Å²) in [5.74, 6) is 0.499. The average Bonchev–Trinajstić information content (AvgIpc) is 2.87. The van der Waals surface area contributed by atoms with Gasteiger partial charge in [0.05, 0.1) is 16.3 Å². The van der Waals surface area contributed by atoms with Crippen molar-refractivity contribution in [3.05, 3.63) is 35.1 Å². The summed E-state index contributed by atoms with van der Waals surface area (Å²) in [4.78, 5) is 14.8. The minimum absolute atomic E-state index is 0.283. The van der Waals surface area contributed by atoms with Crippen LogP contribution in [0.25, 0.3) is 11.5 Å². The lowest BCUT2D eigenvalue weighted by molar-refractivity contribution is -0.137. The van der Waals surface area contributed by atoms with Crippen LogP contribution in [0.3, 0.4) is 0 Å². The van der Waals surface area contributed by atoms with Gasteiger partial charge in [0.15, 0.2) is 5.82 Å². The molecule has 1 atom stereocenters. The minimum atomic E-state index is -1.03. The summed E-state index contributed by atoms with van der Waals surface area (Å²) >= 11 is 7.37. The fourth-order valence-corrected chi connectivity index (χ4v) is 2.44. The van der Waals surface area contributed by atoms with Gasteiger partial charge in [-0.1, -0.05) is 28.9 Å². The van der Waals surface area contributed by atoms with Crippen molar-refractivity contribution in [2.24, 2.45) is 5.73 Å². The highest BCUT2D eigenvalue weighted by molar-refractivity contribution is 7.98. The fraction of sp³-hybridized carbons (Fsp3) is 0.250. The Balaban J connectivity index is 1.96. The van der Waals surface area contributed by atoms with E-state index in [9.17, 15) is 4.79 Å². The molecular weight excluding hydrogens is 302 g/mol. The SMILES string of the molecule is NC(CSCc1noc(-c2ccccc2Cl)n1)C(=O)O. The molecule has 0 bridgehead atoms. The van der Waals surface area contributed by atoms with Crippen molar-refractivity contribution in [3.8, 4) is 11.5 Å². The largest absolute Gasteiger partial charge is 0.480 e. The first kappa shape index (κ1) is 14.8. The molecule has 6 nitrogen and oxygen atoms in total. The van der Waals surface area contributed by atoms with Gasteiger partial charge in [-0.3, -0.25) is 4.79 Å². The second-order valence-corrected chi connectivity index (χ2v) is 5.39. The number of nitrogens with two attached hydrogens (primary N) is 1. The third-order valence-electron chi connectivity index (χ3n) is 2.42. The van der Waals surface area contributed by atoms with Crippen LogP contribution in [0.2, 0.25) is 5.02 Å². The van der Waals surface area contributed by atoms with Gasteiger partial charge in [-0.15, -0.1) is 0 Å². The molecule has 20 heavy (non-hydrogen) atoms. The number of nitrogens with zero attached hydrogens (tertiary/aromatic N) is 2. The molecule has 2 rings (SSSR count). The van der Waals surface area contributed by atoms with Gasteiger partial charge in [0.1, 0.15) is 6.04 Å². The molecule has 2 aromatic rings. The zero-order valence-electron chi connectivity index (χ0n) is 10.3. The van der Waals surface area contributed by atoms with Gasteiger partial charge in [0.25, 0.3) is 5.89 Å². The topological polar surface area (TPSA) is 102 Å². The third-order valence-corrected chi connectivity index (χ3v) is 3.80. The van der Waals surface area contributed by atoms with Crippen molar-refractivity contribution in [1.29, 1.82) is 0 Å². The molecule has 8 heteroatoms. The Morgan fingerprint density at radius 1 is 1.50 bits per heavy atom. The molecule has 1 aromatic heterocycles. The molecule has 1 aromatic carbocycles. The molecule has 0 aliphatic carbocycles. The maximum atomic E-state index is 10.6. The maximum Gasteiger partial charge on any atom is 0.321 e. The number of carbonyl (C=O) groups is 1. The van der Waals surface area contributed by atoms with Gasteiger partial charge < -0.3 is 15.4 Å². The molecule has 1 unspecified atom stereocenters. The molecule has 3 N–H and O–H groups in total. The summed E-state index contributed by atoms with van der Waals surface area (Å²) in [5, 5.41) is 13.0. The first-order valence-electron chi connectivity index (χ1n) is 5.71. The van der Waals surface area contributed by atoms with Gasteiger partial charge in [-0.2, -0.15) is 16.7 Å². The lowest BCUT2D eigenvalue weighted by Crippen LogP contribution is -2.32. The lowest BCUT2D eigenvalue weighted by Gasteiger charge is -2.03. The van der Waals surface area contributed by atoms with E-state index in [0.717, 1.165) is 0 Å². The van der Waals surface area contributed by atoms with Gasteiger partial charge in [0, 0.05) is 5.75 Å². The van der Waals surface area contributed by atoms with Gasteiger partial charge >= 0.3 is 5.97 Å². The van der Waals surface area contributed by atoms with E-state index in [1.54, 1.807) is 12.1 Å². The van der Waals surface area contributed by atoms with E-state index in [-0.39, 0.29) is 5.75 Å². The number of halogens is 1. The van der Waals surface area contributed by atoms with Crippen LogP contribution in [-0.2, 0) is 10.5 Å². The Hall–Kier alpha value is -1.57. The first-order valence-corrected chi connectivity index (χ1v) is 7.25. The van der Waals surface area contributed by atoms with Crippen molar-refractivity contribution in [2.45, 2.75) is 11.8 Å². The Morgan fingerprint density at radius 3 is 2.95 bits per heavy atom. The molecule has 106 valence electrons. The summed E-state index contributed by atoms with van der Waals surface area (Å²) in [6.45, 7) is 0. The monoisotopic (exact) mass is 313 g/mol. The van der Waals surface area contributed by atoms with E-state index in [1.807, 2.05) is 12.1 Å². The number of aliphatic carboxylic acids is 1. The summed E-state index contributed by atoms with van der Waals surface area (Å²) in [7, 11) is 0. The van der Waals surface area contributed by atoms with E-state index < -0.39 is 12.0 Å². The summed E-state index contributed by atoms with van der Waals surface area (Å²) in [6, 6.07) is 6.27. The molecule has 0 amide bonds. The molecule has 0 saturated heterocycles. The van der Waals surface area contributed by atoms with Crippen LogP contribution in [0.5, 0.6) is 0 Å². The van der Waals surface area contributed by atoms with Crippen LogP contribution in [0.4, 0.5) is 0 Å². The fourth-order valence-electron chi connectivity index (χ4n) is 1.41. The van der Waals surface area contributed by atoms with Gasteiger partial charge in [-0.25, -0.2) is 0 Å². The highest BCUT2D eigenvalue weighted by Gasteiger charge is 2.14. The standard InChI is InChI=1S/C12H12ClN3O3S/c13-8-4-2-1-3-7(8)11-15-10(16-19-11)6-20-5-9(14)12(17)18/h1-4,9H,5-6,14H2,(H,17,18). The van der Waals surface area contributed by atoms with Gasteiger partial charge in [0.2, 0.25) is 0 Å². The van der Waals surface area contributed by atoms with Crippen LogP contribution < -0.4 is 5.73 Å². The van der Waals surface area contributed by atoms with Crippen molar-refractivity contribution in [3.63, 3.8) is 0 Å². The molecule has 0 radical (unpaired) electrons. The van der Waals surface area contributed by atoms with Crippen LogP contribution in [0.1, 0.15) is 5.82 Å². The predicted molar refractivity (Wildman–Crippen MR) is 76.5 cm³/mol. The zero-order chi connectivity index (χ0) is 14.5. The Kier molecular flexibility index (Phi) is 4.99. The van der Waals surface area contributed by atoms with Crippen LogP contribution in [0, 0.1) is 0 Å². The zero-order valence-corrected chi connectivity index (χ0v) is 11.9. The van der Waals surface area contributed by atoms with E-state index in [1.165, 1.54) is 11.8 Å². The number of carboxylic acid groups (broad SMARTS) is 1. The van der Waals surface area contributed by atoms with Crippen LogP contribution in [-0.4, -0.2) is 33.0 Å². The molecule has 0 fully saturated rings. The number of rotatable bonds is 6. The van der Waals surface area contributed by atoms with Crippen LogP contribution in [0.15, 0.2) is 28.8 Å². The quantitative estimate of drug-likeness (QED) is 0.841. The highest BCUT2D eigenvalue weighted by Crippen LogP contribution is 2.26. The van der Waals surface area contributed by atoms with E-state index in [4.69, 9.17) is 27.0 Å². The smallest absolute Gasteiger partial charge is 0.321 e. The third kappa shape index (κ3) is 3.72. The van der Waals surface area contributed by atoms with Crippen molar-refractivity contribution >= 4 is 29.3 Å². The predicted octanol–water partition coefficient (Wildman–Crippen LogP) is 2.04. The van der Waals surface area contributed by atoms with E-state index >= 15 is 0 Å². The second kappa shape index (κ2) is 6.74. The Morgan fingerprint density at radius 2 is 2.25 bits per heavy atom. The first-order chi connectivity index (χ1) is 9.58. The highest BCUT2D eigenvalue weighted by atomic mass is 35.5. The molecule has 0 aliphatic heterocycles. The molecule has 0 spiro atoms. The van der Waals surface area contributed by atoms with E-state index in [2.05, 4.69) is 10.1 Å². The average molecular weight is 314 g/mol. The Bertz CT molecular complexity index is 605. The van der Waals surface area contributed by atoms with Crippen molar-refractivity contribution in [2.75, 3.05) is 5.75 Å². The number of carboxylic acids is 1. The van der Waals surface area contributed by atoms with Crippen molar-refractivity contribution < 1.29 is 14.4 Å². The van der Waals surface area contributed by atoms with Gasteiger partial charge in [-0.05, 0) is 12.1 Å². The Labute approximate surface area is 124 Å². The molecule has 1 heterocycles. The molecular formula is C12H12ClN3O3S. The lowest BCUT2D eigenvalue weighted by atomic mass is 10.2. The number of benzene rings is 1. The number of aromatic nitrogens is 2. The molecule has 0 aliphatic rings. The summed E-state index contributed by atoms with van der Waals surface area (Å²) in [5.41, 5.74) is 6.06. The summed E-state index contributed by atoms with van der Waals surface area (Å²) < 4.78 is 5.13. The summed E-state index contributed by atoms with van der Waals surface area (Å²) in [6.07, 6.45) is 0. The minimum Gasteiger partial charge on any atom is -0.480 e. The van der Waals surface area contributed by atoms with Crippen molar-refractivity contribution in [1.82, 2.24) is 10.1 Å². The number of hydrogen-bond donors (Lipinski definition) is 2.